The van der Waals surface area contributed by atoms with E-state index in [-0.39, 0.29) is 0 Å². The average Bonchev–Trinajstić information content (AvgIpc) is 2.47. The molecule has 1 N–H and O–H groups in total. The quantitative estimate of drug-likeness (QED) is 0.491. The topological polar surface area (TPSA) is 78.9 Å². The van der Waals surface area contributed by atoms with Crippen molar-refractivity contribution in [1.82, 2.24) is 0 Å². The Morgan fingerprint density at radius 2 is 1.85 bits per heavy atom. The summed E-state index contributed by atoms with van der Waals surface area (Å²) < 4.78 is 0. The first-order chi connectivity index (χ1) is 9.63. The van der Waals surface area contributed by atoms with Gasteiger partial charge in [-0.1, -0.05) is 40.6 Å². The second kappa shape index (κ2) is 8.58. The predicted molar refractivity (Wildman–Crippen MR) is 80.8 cm³/mol. The minimum Gasteiger partial charge on any atom is -0.411 e. The molecular weight excluding hydrogens is 256 g/mol. The second-order valence-electron chi connectivity index (χ2n) is 4.11. The zero-order valence-electron chi connectivity index (χ0n) is 11.8. The summed E-state index contributed by atoms with van der Waals surface area (Å²) in [6.07, 6.45) is 1.35. The zero-order valence-corrected chi connectivity index (χ0v) is 11.8. The van der Waals surface area contributed by atoms with E-state index in [0.717, 1.165) is 5.56 Å². The smallest absolute Gasteiger partial charge is 0.142 e. The van der Waals surface area contributed by atoms with E-state index >= 15 is 0 Å². The zero-order chi connectivity index (χ0) is 14.8. The Morgan fingerprint density at radius 3 is 2.50 bits per heavy atom. The van der Waals surface area contributed by atoms with Gasteiger partial charge >= 0.3 is 0 Å². The lowest BCUT2D eigenvalue weighted by Gasteiger charge is -2.01. The molecule has 20 heavy (non-hydrogen) atoms. The first-order valence-electron chi connectivity index (χ1n) is 6.10. The molecular formula is C14H18N4O2. The Bertz CT molecular complexity index is 533. The van der Waals surface area contributed by atoms with Crippen LogP contribution in [-0.2, 0) is 11.4 Å². The summed E-state index contributed by atoms with van der Waals surface area (Å²) in [5, 5.41) is 23.1. The van der Waals surface area contributed by atoms with Crippen molar-refractivity contribution in [2.75, 3.05) is 0 Å². The molecule has 0 aliphatic carbocycles. The van der Waals surface area contributed by atoms with Gasteiger partial charge in [0.15, 0.2) is 0 Å². The molecule has 0 aliphatic heterocycles. The lowest BCUT2D eigenvalue weighted by atomic mass is 10.2. The van der Waals surface area contributed by atoms with Crippen LogP contribution in [0.5, 0.6) is 0 Å². The molecule has 106 valence electrons. The number of nitrogens with zero attached hydrogens (tertiary/aromatic N) is 4. The van der Waals surface area contributed by atoms with Crippen LogP contribution in [0.15, 0.2) is 50.8 Å². The van der Waals surface area contributed by atoms with Crippen LogP contribution in [0.3, 0.4) is 0 Å². The summed E-state index contributed by atoms with van der Waals surface area (Å²) in [4.78, 5) is 5.24. The Labute approximate surface area is 118 Å². The van der Waals surface area contributed by atoms with Crippen LogP contribution >= 0.6 is 0 Å². The highest BCUT2D eigenvalue weighted by Crippen LogP contribution is 2.01. The fourth-order valence-corrected chi connectivity index (χ4v) is 1.14. The van der Waals surface area contributed by atoms with Gasteiger partial charge in [-0.25, -0.2) is 0 Å². The van der Waals surface area contributed by atoms with Crippen molar-refractivity contribution in [3.63, 3.8) is 0 Å². The molecule has 0 unspecified atom stereocenters. The van der Waals surface area contributed by atoms with Crippen LogP contribution in [0.2, 0.25) is 0 Å². The SMILES string of the molecule is CC(=N/N=C/C(C)=N/O)C(C)=NOCc1ccccc1. The molecule has 1 rings (SSSR count). The van der Waals surface area contributed by atoms with Crippen LogP contribution in [0, 0.1) is 0 Å². The van der Waals surface area contributed by atoms with Crippen LogP contribution in [0.25, 0.3) is 0 Å². The maximum absolute atomic E-state index is 8.44. The second-order valence-corrected chi connectivity index (χ2v) is 4.11. The molecule has 0 spiro atoms. The fourth-order valence-electron chi connectivity index (χ4n) is 1.14. The van der Waals surface area contributed by atoms with Crippen molar-refractivity contribution < 1.29 is 10.0 Å². The maximum Gasteiger partial charge on any atom is 0.142 e. The molecule has 1 aromatic carbocycles. The van der Waals surface area contributed by atoms with Gasteiger partial charge in [0.1, 0.15) is 6.61 Å². The van der Waals surface area contributed by atoms with Crippen molar-refractivity contribution in [3.8, 4) is 0 Å². The summed E-state index contributed by atoms with van der Waals surface area (Å²) in [5.74, 6) is 0. The number of benzene rings is 1. The Hall–Kier alpha value is -2.50. The molecule has 0 atom stereocenters. The van der Waals surface area contributed by atoms with E-state index in [9.17, 15) is 0 Å². The molecule has 0 aromatic heterocycles. The largest absolute Gasteiger partial charge is 0.411 e. The van der Waals surface area contributed by atoms with Gasteiger partial charge in [0.05, 0.1) is 23.3 Å². The Kier molecular flexibility index (Phi) is 6.67. The van der Waals surface area contributed by atoms with Crippen LogP contribution in [0.1, 0.15) is 26.3 Å². The molecule has 1 aromatic rings. The summed E-state index contributed by atoms with van der Waals surface area (Å²) >= 11 is 0. The summed E-state index contributed by atoms with van der Waals surface area (Å²) in [5.41, 5.74) is 2.68. The first-order valence-corrected chi connectivity index (χ1v) is 6.10. The third-order valence-corrected chi connectivity index (χ3v) is 2.41. The van der Waals surface area contributed by atoms with Crippen molar-refractivity contribution in [2.45, 2.75) is 27.4 Å². The van der Waals surface area contributed by atoms with Crippen molar-refractivity contribution in [3.05, 3.63) is 35.9 Å². The van der Waals surface area contributed by atoms with E-state index in [1.165, 1.54) is 6.21 Å². The number of hydrogen-bond acceptors (Lipinski definition) is 6. The normalized spacial score (nSPS) is 13.8. The average molecular weight is 274 g/mol. The van der Waals surface area contributed by atoms with Gasteiger partial charge < -0.3 is 10.0 Å². The van der Waals surface area contributed by atoms with Crippen molar-refractivity contribution >= 4 is 23.3 Å². The predicted octanol–water partition coefficient (Wildman–Crippen LogP) is 2.88. The summed E-state index contributed by atoms with van der Waals surface area (Å²) in [7, 11) is 0. The van der Waals surface area contributed by atoms with E-state index in [2.05, 4.69) is 20.5 Å². The third-order valence-electron chi connectivity index (χ3n) is 2.41. The van der Waals surface area contributed by atoms with Crippen LogP contribution < -0.4 is 0 Å². The van der Waals surface area contributed by atoms with Gasteiger partial charge in [0.2, 0.25) is 0 Å². The van der Waals surface area contributed by atoms with Gasteiger partial charge in [0.25, 0.3) is 0 Å². The van der Waals surface area contributed by atoms with Crippen molar-refractivity contribution in [2.24, 2.45) is 20.5 Å². The highest BCUT2D eigenvalue weighted by Gasteiger charge is 1.97. The molecule has 6 nitrogen and oxygen atoms in total. The van der Waals surface area contributed by atoms with Crippen molar-refractivity contribution in [1.29, 1.82) is 0 Å². The minimum absolute atomic E-state index is 0.372. The molecule has 0 amide bonds. The van der Waals surface area contributed by atoms with E-state index in [0.29, 0.717) is 23.7 Å². The van der Waals surface area contributed by atoms with E-state index in [4.69, 9.17) is 10.0 Å². The molecule has 0 saturated heterocycles. The molecule has 6 heteroatoms. The van der Waals surface area contributed by atoms with Crippen LogP contribution in [0.4, 0.5) is 0 Å². The molecule has 0 aliphatic rings. The summed E-state index contributed by atoms with van der Waals surface area (Å²) in [6.45, 7) is 5.57. The monoisotopic (exact) mass is 274 g/mol. The van der Waals surface area contributed by atoms with E-state index < -0.39 is 0 Å². The number of oxime groups is 2. The van der Waals surface area contributed by atoms with Gasteiger partial charge in [-0.2, -0.15) is 10.2 Å². The first kappa shape index (κ1) is 15.6. The fraction of sp³-hybridized carbons (Fsp3) is 0.286. The van der Waals surface area contributed by atoms with Gasteiger partial charge in [-0.15, -0.1) is 0 Å². The summed E-state index contributed by atoms with van der Waals surface area (Å²) in [6, 6.07) is 9.77. The third kappa shape index (κ3) is 5.90. The van der Waals surface area contributed by atoms with Gasteiger partial charge in [0, 0.05) is 0 Å². The maximum atomic E-state index is 8.44. The lowest BCUT2D eigenvalue weighted by Crippen LogP contribution is -2.06. The Morgan fingerprint density at radius 1 is 1.15 bits per heavy atom. The lowest BCUT2D eigenvalue weighted by molar-refractivity contribution is 0.131. The molecule has 0 saturated carbocycles. The number of rotatable bonds is 6. The number of hydrogen-bond donors (Lipinski definition) is 1. The molecule has 0 heterocycles. The Balaban J connectivity index is 2.51. The highest BCUT2D eigenvalue weighted by atomic mass is 16.6. The van der Waals surface area contributed by atoms with Crippen LogP contribution in [-0.4, -0.2) is 28.6 Å². The molecule has 0 bridgehead atoms. The van der Waals surface area contributed by atoms with E-state index in [1.54, 1.807) is 20.8 Å². The van der Waals surface area contributed by atoms with Gasteiger partial charge in [-0.3, -0.25) is 0 Å². The van der Waals surface area contributed by atoms with E-state index in [1.807, 2.05) is 30.3 Å². The molecule has 0 fully saturated rings. The molecule has 0 radical (unpaired) electrons. The van der Waals surface area contributed by atoms with Gasteiger partial charge in [-0.05, 0) is 26.3 Å². The minimum atomic E-state index is 0.372. The highest BCUT2D eigenvalue weighted by molar-refractivity contribution is 6.40. The standard InChI is InChI=1S/C14H18N4O2/c1-11(17-19)9-15-16-12(2)13(3)18-20-10-14-7-5-4-6-8-14/h4-9,19H,10H2,1-3H3/b15-9+,16-12?,17-11+,18-13?.